The maximum atomic E-state index is 10.8. The molecule has 0 amide bonds. The van der Waals surface area contributed by atoms with Crippen LogP contribution in [-0.4, -0.2) is 26.3 Å². The molecule has 104 valence electrons. The van der Waals surface area contributed by atoms with Gasteiger partial charge in [0.05, 0.1) is 11.1 Å². The van der Waals surface area contributed by atoms with Crippen molar-refractivity contribution in [1.29, 1.82) is 0 Å². The zero-order valence-corrected chi connectivity index (χ0v) is 10.6. The number of non-ortho nitro benzene ring substituents is 1. The first-order chi connectivity index (χ1) is 10.2. The number of aliphatic imine (C=N–C) groups is 1. The normalized spacial score (nSPS) is 11.0. The fourth-order valence-corrected chi connectivity index (χ4v) is 1.74. The van der Waals surface area contributed by atoms with Gasteiger partial charge in [0.25, 0.3) is 5.69 Å². The van der Waals surface area contributed by atoms with Gasteiger partial charge in [-0.1, -0.05) is 12.1 Å². The number of aromatic nitrogens is 3. The molecular weight excluding hydrogens is 274 g/mol. The van der Waals surface area contributed by atoms with Gasteiger partial charge in [-0.2, -0.15) is 10.1 Å². The molecule has 0 saturated heterocycles. The first-order valence-electron chi connectivity index (χ1n) is 5.96. The van der Waals surface area contributed by atoms with Crippen LogP contribution < -0.4 is 0 Å². The molecule has 0 radical (unpaired) electrons. The van der Waals surface area contributed by atoms with E-state index < -0.39 is 4.92 Å². The average molecular weight is 283 g/mol. The van der Waals surface area contributed by atoms with Gasteiger partial charge in [0, 0.05) is 17.7 Å². The number of nitro groups is 1. The fourth-order valence-electron chi connectivity index (χ4n) is 1.74. The first kappa shape index (κ1) is 12.7. The molecule has 3 aromatic rings. The van der Waals surface area contributed by atoms with Gasteiger partial charge >= 0.3 is 0 Å². The van der Waals surface area contributed by atoms with E-state index in [2.05, 4.69) is 20.2 Å². The van der Waals surface area contributed by atoms with E-state index >= 15 is 0 Å². The van der Waals surface area contributed by atoms with Gasteiger partial charge in [0.2, 0.25) is 5.95 Å². The smallest absolute Gasteiger partial charge is 0.270 e. The van der Waals surface area contributed by atoms with Crippen LogP contribution in [0.5, 0.6) is 0 Å². The molecule has 0 unspecified atom stereocenters. The highest BCUT2D eigenvalue weighted by atomic mass is 16.6. The molecule has 21 heavy (non-hydrogen) atoms. The molecule has 8 heteroatoms. The molecule has 8 nitrogen and oxygen atoms in total. The molecule has 0 atom stereocenters. The molecule has 1 aromatic carbocycles. The van der Waals surface area contributed by atoms with Crippen LogP contribution in [0.15, 0.2) is 52.1 Å². The van der Waals surface area contributed by atoms with Gasteiger partial charge in [-0.3, -0.25) is 10.1 Å². The lowest BCUT2D eigenvalue weighted by atomic mass is 10.1. The van der Waals surface area contributed by atoms with Crippen molar-refractivity contribution in [2.45, 2.75) is 0 Å². The third kappa shape index (κ3) is 2.84. The van der Waals surface area contributed by atoms with Crippen LogP contribution in [0.25, 0.3) is 11.3 Å². The van der Waals surface area contributed by atoms with Crippen molar-refractivity contribution in [2.75, 3.05) is 0 Å². The Labute approximate surface area is 118 Å². The van der Waals surface area contributed by atoms with Crippen LogP contribution in [0.4, 0.5) is 11.6 Å². The zero-order chi connectivity index (χ0) is 14.7. The van der Waals surface area contributed by atoms with E-state index in [1.165, 1.54) is 24.7 Å². The number of hydrogen-bond acceptors (Lipinski definition) is 6. The molecule has 1 N–H and O–H groups in total. The molecule has 0 spiro atoms. The summed E-state index contributed by atoms with van der Waals surface area (Å²) >= 11 is 0. The zero-order valence-electron chi connectivity index (χ0n) is 10.6. The lowest BCUT2D eigenvalue weighted by Gasteiger charge is -1.96. The molecule has 0 aliphatic rings. The van der Waals surface area contributed by atoms with Crippen LogP contribution in [0.2, 0.25) is 0 Å². The molecule has 3 rings (SSSR count). The van der Waals surface area contributed by atoms with Gasteiger partial charge in [-0.25, -0.2) is 10.1 Å². The van der Waals surface area contributed by atoms with Crippen molar-refractivity contribution < 1.29 is 9.34 Å². The van der Waals surface area contributed by atoms with E-state index in [0.29, 0.717) is 23.0 Å². The number of nitro benzene ring substituents is 1. The number of aromatic amines is 1. The Bertz CT molecular complexity index is 792. The number of rotatable bonds is 4. The summed E-state index contributed by atoms with van der Waals surface area (Å²) in [6, 6.07) is 9.67. The van der Waals surface area contributed by atoms with Gasteiger partial charge < -0.3 is 4.42 Å². The summed E-state index contributed by atoms with van der Waals surface area (Å²) in [5.41, 5.74) is 0.643. The number of nitrogens with one attached hydrogen (secondary N) is 1. The molecule has 0 saturated carbocycles. The molecule has 0 bridgehead atoms. The Morgan fingerprint density at radius 1 is 1.33 bits per heavy atom. The van der Waals surface area contributed by atoms with Crippen LogP contribution in [-0.2, 0) is 0 Å². The van der Waals surface area contributed by atoms with Crippen molar-refractivity contribution in [3.8, 4) is 11.3 Å². The summed E-state index contributed by atoms with van der Waals surface area (Å²) in [4.78, 5) is 18.2. The average Bonchev–Trinajstić information content (AvgIpc) is 3.17. The van der Waals surface area contributed by atoms with E-state index in [4.69, 9.17) is 4.42 Å². The highest BCUT2D eigenvalue weighted by Crippen LogP contribution is 2.25. The van der Waals surface area contributed by atoms with Gasteiger partial charge in [0.15, 0.2) is 0 Å². The molecule has 0 fully saturated rings. The van der Waals surface area contributed by atoms with Crippen LogP contribution in [0, 0.1) is 10.1 Å². The summed E-state index contributed by atoms with van der Waals surface area (Å²) in [5.74, 6) is 1.40. The third-order valence-corrected chi connectivity index (χ3v) is 2.68. The van der Waals surface area contributed by atoms with E-state index in [1.807, 2.05) is 0 Å². The Balaban J connectivity index is 1.84. The van der Waals surface area contributed by atoms with Crippen molar-refractivity contribution in [1.82, 2.24) is 15.2 Å². The second-order valence-electron chi connectivity index (χ2n) is 4.08. The predicted molar refractivity (Wildman–Crippen MR) is 74.4 cm³/mol. The monoisotopic (exact) mass is 283 g/mol. The summed E-state index contributed by atoms with van der Waals surface area (Å²) in [5, 5.41) is 17.0. The summed E-state index contributed by atoms with van der Waals surface area (Å²) < 4.78 is 5.57. The maximum Gasteiger partial charge on any atom is 0.270 e. The van der Waals surface area contributed by atoms with Crippen molar-refractivity contribution >= 4 is 17.9 Å². The lowest BCUT2D eigenvalue weighted by Crippen LogP contribution is -1.87. The van der Waals surface area contributed by atoms with E-state index in [0.717, 1.165) is 0 Å². The van der Waals surface area contributed by atoms with Gasteiger partial charge in [-0.15, -0.1) is 0 Å². The second-order valence-corrected chi connectivity index (χ2v) is 4.08. The first-order valence-corrected chi connectivity index (χ1v) is 5.96. The largest absolute Gasteiger partial charge is 0.455 e. The molecule has 0 aliphatic carbocycles. The predicted octanol–water partition coefficient (Wildman–Crippen LogP) is 2.72. The quantitative estimate of drug-likeness (QED) is 0.449. The summed E-state index contributed by atoms with van der Waals surface area (Å²) in [6.07, 6.45) is 2.84. The Kier molecular flexibility index (Phi) is 3.26. The highest BCUT2D eigenvalue weighted by Gasteiger charge is 2.09. The van der Waals surface area contributed by atoms with E-state index in [9.17, 15) is 10.1 Å². The van der Waals surface area contributed by atoms with E-state index in [-0.39, 0.29) is 5.69 Å². The van der Waals surface area contributed by atoms with Gasteiger partial charge in [-0.05, 0) is 12.1 Å². The number of nitrogens with zero attached hydrogens (tertiary/aromatic N) is 4. The Hall–Kier alpha value is -3.29. The van der Waals surface area contributed by atoms with Crippen molar-refractivity contribution in [2.24, 2.45) is 4.99 Å². The van der Waals surface area contributed by atoms with Gasteiger partial charge in [0.1, 0.15) is 17.8 Å². The van der Waals surface area contributed by atoms with E-state index in [1.54, 1.807) is 24.3 Å². The number of hydrogen-bond donors (Lipinski definition) is 1. The summed E-state index contributed by atoms with van der Waals surface area (Å²) in [7, 11) is 0. The Morgan fingerprint density at radius 3 is 3.00 bits per heavy atom. The standard InChI is InChI=1S/C13H9N5O3/c19-18(20)10-3-1-2-9(6-10)12-5-4-11(21-12)7-14-13-15-8-16-17-13/h1-8H,(H,15,16,17). The maximum absolute atomic E-state index is 10.8. The molecular formula is C13H9N5O3. The number of benzene rings is 1. The SMILES string of the molecule is O=[N+]([O-])c1cccc(-c2ccc(C=Nc3ncn[nH]3)o2)c1. The third-order valence-electron chi connectivity index (χ3n) is 2.68. The highest BCUT2D eigenvalue weighted by molar-refractivity contribution is 5.79. The minimum Gasteiger partial charge on any atom is -0.455 e. The van der Waals surface area contributed by atoms with Crippen LogP contribution >= 0.6 is 0 Å². The summed E-state index contributed by atoms with van der Waals surface area (Å²) in [6.45, 7) is 0. The lowest BCUT2D eigenvalue weighted by molar-refractivity contribution is -0.384. The fraction of sp³-hybridized carbons (Fsp3) is 0. The Morgan fingerprint density at radius 2 is 2.24 bits per heavy atom. The second kappa shape index (κ2) is 5.37. The number of furan rings is 1. The minimum atomic E-state index is -0.446. The molecule has 2 aromatic heterocycles. The molecule has 2 heterocycles. The molecule has 0 aliphatic heterocycles. The van der Waals surface area contributed by atoms with Crippen molar-refractivity contribution in [3.63, 3.8) is 0 Å². The minimum absolute atomic E-state index is 0.0146. The topological polar surface area (TPSA) is 110 Å². The van der Waals surface area contributed by atoms with Crippen molar-refractivity contribution in [3.05, 3.63) is 58.6 Å². The number of H-pyrrole nitrogens is 1. The van der Waals surface area contributed by atoms with Crippen LogP contribution in [0.3, 0.4) is 0 Å². The van der Waals surface area contributed by atoms with Crippen LogP contribution in [0.1, 0.15) is 5.76 Å².